The first kappa shape index (κ1) is 17.8. The second-order valence-electron chi connectivity index (χ2n) is 6.35. The number of halogens is 1. The van der Waals surface area contributed by atoms with Crippen molar-refractivity contribution in [1.82, 2.24) is 5.32 Å². The molecule has 2 saturated carbocycles. The molecule has 0 unspecified atom stereocenters. The molecule has 2 aliphatic carbocycles. The number of hydrogen-bond donors (Lipinski definition) is 3. The third-order valence-electron chi connectivity index (χ3n) is 4.63. The molecule has 4 N–H and O–H groups in total. The predicted molar refractivity (Wildman–Crippen MR) is 92.7 cm³/mol. The number of benzene rings is 1. The second-order valence-corrected chi connectivity index (χ2v) is 6.35. The van der Waals surface area contributed by atoms with Crippen molar-refractivity contribution >= 4 is 29.9 Å². The molecule has 0 heterocycles. The highest BCUT2D eigenvalue weighted by molar-refractivity contribution is 5.96. The number of rotatable bonds is 5. The predicted octanol–water partition coefficient (Wildman–Crippen LogP) is 2.31. The quantitative estimate of drug-likeness (QED) is 0.771. The normalized spacial score (nSPS) is 23.0. The van der Waals surface area contributed by atoms with Crippen LogP contribution in [0.5, 0.6) is 0 Å². The topological polar surface area (TPSA) is 84.2 Å². The zero-order chi connectivity index (χ0) is 15.5. The number of amides is 2. The average Bonchev–Trinajstić information content (AvgIpc) is 3.20. The summed E-state index contributed by atoms with van der Waals surface area (Å²) in [5, 5.41) is 5.89. The summed E-state index contributed by atoms with van der Waals surface area (Å²) >= 11 is 0. The van der Waals surface area contributed by atoms with Gasteiger partial charge in [-0.3, -0.25) is 9.59 Å². The van der Waals surface area contributed by atoms with E-state index in [4.69, 9.17) is 5.73 Å². The van der Waals surface area contributed by atoms with Gasteiger partial charge in [-0.1, -0.05) is 6.42 Å². The molecule has 0 saturated heterocycles. The van der Waals surface area contributed by atoms with E-state index >= 15 is 0 Å². The molecule has 3 rings (SSSR count). The van der Waals surface area contributed by atoms with E-state index in [9.17, 15) is 9.59 Å². The molecular formula is C17H24ClN3O2. The van der Waals surface area contributed by atoms with E-state index in [-0.39, 0.29) is 30.1 Å². The van der Waals surface area contributed by atoms with Crippen LogP contribution in [-0.4, -0.2) is 24.4 Å². The van der Waals surface area contributed by atoms with Gasteiger partial charge in [0.05, 0.1) is 0 Å². The molecule has 6 heteroatoms. The third-order valence-corrected chi connectivity index (χ3v) is 4.63. The Morgan fingerprint density at radius 3 is 2.39 bits per heavy atom. The number of nitrogens with two attached hydrogens (primary N) is 1. The van der Waals surface area contributed by atoms with Crippen LogP contribution in [0.2, 0.25) is 0 Å². The smallest absolute Gasteiger partial charge is 0.251 e. The summed E-state index contributed by atoms with van der Waals surface area (Å²) in [6, 6.07) is 7.42. The highest BCUT2D eigenvalue weighted by Gasteiger charge is 2.31. The van der Waals surface area contributed by atoms with Crippen LogP contribution >= 0.6 is 12.4 Å². The van der Waals surface area contributed by atoms with E-state index in [1.807, 2.05) is 0 Å². The fourth-order valence-corrected chi connectivity index (χ4v) is 3.10. The van der Waals surface area contributed by atoms with Crippen LogP contribution in [0, 0.1) is 11.8 Å². The molecule has 0 aliphatic heterocycles. The van der Waals surface area contributed by atoms with Gasteiger partial charge in [-0.15, -0.1) is 12.4 Å². The maximum absolute atomic E-state index is 12.3. The van der Waals surface area contributed by atoms with Gasteiger partial charge >= 0.3 is 0 Å². The Bertz CT molecular complexity index is 557. The summed E-state index contributed by atoms with van der Waals surface area (Å²) < 4.78 is 0. The van der Waals surface area contributed by atoms with Crippen molar-refractivity contribution in [1.29, 1.82) is 0 Å². The lowest BCUT2D eigenvalue weighted by atomic mass is 9.95. The fourth-order valence-electron chi connectivity index (χ4n) is 3.10. The Morgan fingerprint density at radius 1 is 1.09 bits per heavy atom. The van der Waals surface area contributed by atoms with Gasteiger partial charge in [-0.05, 0) is 62.4 Å². The summed E-state index contributed by atoms with van der Waals surface area (Å²) in [4.78, 5) is 24.2. The number of hydrogen-bond acceptors (Lipinski definition) is 3. The van der Waals surface area contributed by atoms with E-state index in [2.05, 4.69) is 10.6 Å². The minimum absolute atomic E-state index is 0. The summed E-state index contributed by atoms with van der Waals surface area (Å²) in [7, 11) is 0. The lowest BCUT2D eigenvalue weighted by Gasteiger charge is -2.17. The fraction of sp³-hybridized carbons (Fsp3) is 0.529. The maximum Gasteiger partial charge on any atom is 0.251 e. The first-order chi connectivity index (χ1) is 10.7. The van der Waals surface area contributed by atoms with Crippen molar-refractivity contribution in [2.75, 3.05) is 11.9 Å². The molecule has 2 fully saturated rings. The van der Waals surface area contributed by atoms with Crippen LogP contribution in [0.1, 0.15) is 42.5 Å². The third kappa shape index (κ3) is 4.45. The summed E-state index contributed by atoms with van der Waals surface area (Å²) in [6.45, 7) is 0.568. The van der Waals surface area contributed by atoms with Gasteiger partial charge in [-0.2, -0.15) is 0 Å². The second kappa shape index (κ2) is 7.79. The molecule has 5 nitrogen and oxygen atoms in total. The largest absolute Gasteiger partial charge is 0.349 e. The van der Waals surface area contributed by atoms with Gasteiger partial charge in [0.2, 0.25) is 5.91 Å². The van der Waals surface area contributed by atoms with Gasteiger partial charge < -0.3 is 16.4 Å². The van der Waals surface area contributed by atoms with E-state index in [1.54, 1.807) is 24.3 Å². The molecule has 1 aromatic carbocycles. The van der Waals surface area contributed by atoms with Crippen LogP contribution in [0.15, 0.2) is 24.3 Å². The molecule has 2 aliphatic rings. The average molecular weight is 338 g/mol. The Balaban J connectivity index is 0.00000192. The van der Waals surface area contributed by atoms with Crippen molar-refractivity contribution in [2.45, 2.75) is 38.1 Å². The first-order valence-corrected chi connectivity index (χ1v) is 8.09. The lowest BCUT2D eigenvalue weighted by Crippen LogP contribution is -2.29. The molecule has 1 aromatic rings. The number of carbonyl (C=O) groups excluding carboxylic acids is 2. The summed E-state index contributed by atoms with van der Waals surface area (Å²) in [5.74, 6) is 0.314. The molecule has 0 bridgehead atoms. The molecule has 126 valence electrons. The number of nitrogens with one attached hydrogen (secondary N) is 2. The Labute approximate surface area is 142 Å². The highest BCUT2D eigenvalue weighted by atomic mass is 35.5. The molecule has 2 atom stereocenters. The minimum atomic E-state index is -0.0423. The summed E-state index contributed by atoms with van der Waals surface area (Å²) in [6.07, 6.45) is 5.16. The minimum Gasteiger partial charge on any atom is -0.349 e. The molecule has 0 spiro atoms. The first-order valence-electron chi connectivity index (χ1n) is 8.09. The Morgan fingerprint density at radius 2 is 1.78 bits per heavy atom. The lowest BCUT2D eigenvalue weighted by molar-refractivity contribution is -0.120. The van der Waals surface area contributed by atoms with Gasteiger partial charge in [0, 0.05) is 23.2 Å². The van der Waals surface area contributed by atoms with Crippen molar-refractivity contribution in [3.63, 3.8) is 0 Å². The molecular weight excluding hydrogens is 314 g/mol. The van der Waals surface area contributed by atoms with Gasteiger partial charge in [0.15, 0.2) is 0 Å². The molecule has 0 radical (unpaired) electrons. The van der Waals surface area contributed by atoms with Crippen LogP contribution in [0.3, 0.4) is 0 Å². The zero-order valence-electron chi connectivity index (χ0n) is 13.1. The van der Waals surface area contributed by atoms with Crippen molar-refractivity contribution in [3.05, 3.63) is 29.8 Å². The van der Waals surface area contributed by atoms with Gasteiger partial charge in [0.1, 0.15) is 0 Å². The van der Waals surface area contributed by atoms with Crippen molar-refractivity contribution in [2.24, 2.45) is 17.6 Å². The maximum atomic E-state index is 12.3. The zero-order valence-corrected chi connectivity index (χ0v) is 13.9. The van der Waals surface area contributed by atoms with E-state index in [1.165, 1.54) is 0 Å². The van der Waals surface area contributed by atoms with Crippen LogP contribution in [0.25, 0.3) is 0 Å². The van der Waals surface area contributed by atoms with E-state index in [0.29, 0.717) is 24.1 Å². The van der Waals surface area contributed by atoms with E-state index in [0.717, 1.165) is 37.8 Å². The summed E-state index contributed by atoms with van der Waals surface area (Å²) in [5.41, 5.74) is 7.09. The molecule has 2 amide bonds. The van der Waals surface area contributed by atoms with Gasteiger partial charge in [-0.25, -0.2) is 0 Å². The molecule has 23 heavy (non-hydrogen) atoms. The SMILES string of the molecule is Cl.NC[C@H]1CCC[C@H]1C(=O)Nc1ccc(C(=O)NC2CC2)cc1. The molecule has 0 aromatic heterocycles. The van der Waals surface area contributed by atoms with Crippen LogP contribution in [0.4, 0.5) is 5.69 Å². The standard InChI is InChI=1S/C17H23N3O2.ClH/c18-10-12-2-1-3-15(12)17(22)20-13-6-4-11(5-7-13)16(21)19-14-8-9-14;/h4-7,12,14-15H,1-3,8-10,18H2,(H,19,21)(H,20,22);1H/t12-,15-;/m1./s1. The Kier molecular flexibility index (Phi) is 6.02. The van der Waals surface area contributed by atoms with Crippen LogP contribution < -0.4 is 16.4 Å². The number of carbonyl (C=O) groups is 2. The monoisotopic (exact) mass is 337 g/mol. The van der Waals surface area contributed by atoms with E-state index < -0.39 is 0 Å². The van der Waals surface area contributed by atoms with Crippen molar-refractivity contribution in [3.8, 4) is 0 Å². The van der Waals surface area contributed by atoms with Crippen molar-refractivity contribution < 1.29 is 9.59 Å². The van der Waals surface area contributed by atoms with Crippen LogP contribution in [-0.2, 0) is 4.79 Å². The van der Waals surface area contributed by atoms with Gasteiger partial charge in [0.25, 0.3) is 5.91 Å². The Hall–Kier alpha value is -1.59. The highest BCUT2D eigenvalue weighted by Crippen LogP contribution is 2.31. The number of anilines is 1.